The fourth-order valence-corrected chi connectivity index (χ4v) is 2.79. The van der Waals surface area contributed by atoms with Gasteiger partial charge in [-0.1, -0.05) is 54.7 Å². The van der Waals surface area contributed by atoms with Crippen molar-refractivity contribution in [2.24, 2.45) is 5.84 Å². The van der Waals surface area contributed by atoms with Crippen LogP contribution in [-0.4, -0.2) is 18.7 Å². The molecule has 4 N–H and O–H groups in total. The lowest BCUT2D eigenvalue weighted by Gasteiger charge is -2.15. The van der Waals surface area contributed by atoms with Crippen LogP contribution in [-0.2, 0) is 6.42 Å². The summed E-state index contributed by atoms with van der Waals surface area (Å²) in [6, 6.07) is 9.17. The normalized spacial score (nSPS) is 12.6. The number of nitrogens with two attached hydrogens (primary N) is 1. The minimum absolute atomic E-state index is 0.0581. The van der Waals surface area contributed by atoms with Gasteiger partial charge in [0.05, 0.1) is 23.0 Å². The van der Waals surface area contributed by atoms with Gasteiger partial charge in [-0.3, -0.25) is 0 Å². The molecule has 3 rings (SSSR count). The highest BCUT2D eigenvalue weighted by atomic mass is 35.5. The monoisotopic (exact) mass is 477 g/mol. The number of nitrogens with zero attached hydrogens (tertiary/aromatic N) is 1. The number of dihydropyridines is 1. The first-order valence-electron chi connectivity index (χ1n) is 9.07. The van der Waals surface area contributed by atoms with Gasteiger partial charge in [0, 0.05) is 29.6 Å². The maximum Gasteiger partial charge on any atom is 0.143 e. The summed E-state index contributed by atoms with van der Waals surface area (Å²) >= 11 is 16.8. The van der Waals surface area contributed by atoms with Crippen LogP contribution in [0.4, 0.5) is 14.5 Å². The Kier molecular flexibility index (Phi) is 11.0. The molecule has 1 aliphatic heterocycles. The Morgan fingerprint density at radius 1 is 1.10 bits per heavy atom. The molecule has 1 aliphatic rings. The molecule has 4 nitrogen and oxygen atoms in total. The predicted octanol–water partition coefficient (Wildman–Crippen LogP) is 6.31. The highest BCUT2D eigenvalue weighted by molar-refractivity contribution is 6.31. The van der Waals surface area contributed by atoms with Crippen LogP contribution >= 0.6 is 34.8 Å². The first-order valence-corrected chi connectivity index (χ1v) is 10.2. The highest BCUT2D eigenvalue weighted by Gasteiger charge is 2.12. The molecular weight excluding hydrogens is 455 g/mol. The molecule has 2 aromatic rings. The summed E-state index contributed by atoms with van der Waals surface area (Å²) in [5.41, 5.74) is 1.60. The minimum Gasteiger partial charge on any atom is -0.506 e. The van der Waals surface area contributed by atoms with Gasteiger partial charge < -0.3 is 15.4 Å². The number of aromatic hydroxyl groups is 1. The third kappa shape index (κ3) is 8.03. The molecule has 0 amide bonds. The number of hydrogen-bond acceptors (Lipinski definition) is 4. The Morgan fingerprint density at radius 2 is 1.77 bits per heavy atom. The predicted molar refractivity (Wildman–Crippen MR) is 122 cm³/mol. The minimum atomic E-state index is -0.505. The van der Waals surface area contributed by atoms with E-state index in [2.05, 4.69) is 5.32 Å². The lowest BCUT2D eigenvalue weighted by Crippen LogP contribution is -2.24. The SMILES string of the molecule is CC.CN(N)c1ccc(Cl)cc1O.FC1=C(Cc2ccc(Cl)c(F)c2)NCC(Cl)=C1. The fourth-order valence-electron chi connectivity index (χ4n) is 2.35. The van der Waals surface area contributed by atoms with E-state index in [1.807, 2.05) is 13.8 Å². The molecular formula is C21H24Cl3F2N3O. The van der Waals surface area contributed by atoms with Gasteiger partial charge in [-0.25, -0.2) is 14.6 Å². The Hall–Kier alpha value is -1.99. The van der Waals surface area contributed by atoms with E-state index in [4.69, 9.17) is 40.6 Å². The van der Waals surface area contributed by atoms with E-state index in [-0.39, 0.29) is 17.2 Å². The Bertz CT molecular complexity index is 918. The highest BCUT2D eigenvalue weighted by Crippen LogP contribution is 2.27. The molecule has 0 saturated heterocycles. The van der Waals surface area contributed by atoms with Gasteiger partial charge in [0.15, 0.2) is 0 Å². The largest absolute Gasteiger partial charge is 0.506 e. The number of benzene rings is 2. The number of phenols is 1. The van der Waals surface area contributed by atoms with E-state index in [9.17, 15) is 13.9 Å². The Labute approximate surface area is 190 Å². The number of nitrogens with one attached hydrogen (secondary N) is 1. The second-order valence-corrected chi connectivity index (χ2v) is 7.27. The van der Waals surface area contributed by atoms with E-state index >= 15 is 0 Å². The van der Waals surface area contributed by atoms with Gasteiger partial charge in [-0.15, -0.1) is 0 Å². The number of hydrazine groups is 1. The molecule has 0 aliphatic carbocycles. The average Bonchev–Trinajstić information content (AvgIpc) is 2.68. The zero-order valence-electron chi connectivity index (χ0n) is 16.8. The molecule has 30 heavy (non-hydrogen) atoms. The zero-order chi connectivity index (χ0) is 22.8. The second kappa shape index (κ2) is 12.6. The fraction of sp³-hybridized carbons (Fsp3) is 0.238. The van der Waals surface area contributed by atoms with Gasteiger partial charge in [-0.05, 0) is 35.9 Å². The molecule has 0 bridgehead atoms. The first kappa shape index (κ1) is 26.0. The van der Waals surface area contributed by atoms with E-state index in [1.54, 1.807) is 25.2 Å². The van der Waals surface area contributed by atoms with Crippen LogP contribution in [0.1, 0.15) is 19.4 Å². The van der Waals surface area contributed by atoms with Crippen LogP contribution < -0.4 is 16.2 Å². The van der Waals surface area contributed by atoms with Crippen molar-refractivity contribution in [3.8, 4) is 5.75 Å². The standard InChI is InChI=1S/C12H9Cl2F2N.C7H9ClN2O.C2H6/c13-8-5-11(16)12(17-6-8)4-7-1-2-9(14)10(15)3-7;1-10(9)6-3-2-5(8)4-7(6)11;1-2/h1-3,5,17H,4,6H2;2-4,11H,9H2,1H3;1-2H3. The van der Waals surface area contributed by atoms with Crippen molar-refractivity contribution >= 4 is 40.5 Å². The molecule has 2 aromatic carbocycles. The molecule has 0 aromatic heterocycles. The quantitative estimate of drug-likeness (QED) is 0.357. The number of allylic oxidation sites excluding steroid dienone is 3. The maximum absolute atomic E-state index is 13.5. The first-order chi connectivity index (χ1) is 14.2. The van der Waals surface area contributed by atoms with Gasteiger partial charge in [0.2, 0.25) is 0 Å². The van der Waals surface area contributed by atoms with Crippen LogP contribution in [0.5, 0.6) is 5.75 Å². The third-order valence-electron chi connectivity index (χ3n) is 3.72. The van der Waals surface area contributed by atoms with Gasteiger partial charge in [0.25, 0.3) is 0 Å². The Morgan fingerprint density at radius 3 is 2.30 bits per heavy atom. The molecule has 1 heterocycles. The van der Waals surface area contributed by atoms with E-state index < -0.39 is 11.6 Å². The van der Waals surface area contributed by atoms with Gasteiger partial charge >= 0.3 is 0 Å². The topological polar surface area (TPSA) is 61.5 Å². The van der Waals surface area contributed by atoms with Crippen molar-refractivity contribution in [3.05, 3.63) is 80.5 Å². The van der Waals surface area contributed by atoms with Crippen molar-refractivity contribution < 1.29 is 13.9 Å². The summed E-state index contributed by atoms with van der Waals surface area (Å²) in [6.45, 7) is 4.39. The molecule has 0 unspecified atom stereocenters. The maximum atomic E-state index is 13.5. The number of rotatable bonds is 3. The lowest BCUT2D eigenvalue weighted by atomic mass is 10.1. The summed E-state index contributed by atoms with van der Waals surface area (Å²) < 4.78 is 26.7. The molecule has 0 spiro atoms. The van der Waals surface area contributed by atoms with Crippen molar-refractivity contribution in [2.75, 3.05) is 18.6 Å². The van der Waals surface area contributed by atoms with Gasteiger partial charge in [0.1, 0.15) is 17.4 Å². The molecule has 9 heteroatoms. The molecule has 164 valence electrons. The van der Waals surface area contributed by atoms with Crippen LogP contribution in [0, 0.1) is 5.82 Å². The number of phenolic OH excluding ortho intramolecular Hbond substituents is 1. The van der Waals surface area contributed by atoms with E-state index in [0.29, 0.717) is 33.5 Å². The summed E-state index contributed by atoms with van der Waals surface area (Å²) in [6.07, 6.45) is 1.54. The Balaban J connectivity index is 0.000000300. The lowest BCUT2D eigenvalue weighted by molar-refractivity contribution is 0.475. The van der Waals surface area contributed by atoms with Crippen LogP contribution in [0.25, 0.3) is 0 Å². The second-order valence-electron chi connectivity index (χ2n) is 5.94. The average molecular weight is 479 g/mol. The van der Waals surface area contributed by atoms with Crippen LogP contribution in [0.2, 0.25) is 10.0 Å². The van der Waals surface area contributed by atoms with Crippen molar-refractivity contribution in [1.29, 1.82) is 0 Å². The smallest absolute Gasteiger partial charge is 0.143 e. The van der Waals surface area contributed by atoms with Gasteiger partial charge in [-0.2, -0.15) is 0 Å². The van der Waals surface area contributed by atoms with Crippen molar-refractivity contribution in [3.63, 3.8) is 0 Å². The number of hydrogen-bond donors (Lipinski definition) is 3. The van der Waals surface area contributed by atoms with Crippen LogP contribution in [0.3, 0.4) is 0 Å². The molecule has 0 atom stereocenters. The van der Waals surface area contributed by atoms with E-state index in [1.165, 1.54) is 29.3 Å². The number of anilines is 1. The van der Waals surface area contributed by atoms with Crippen molar-refractivity contribution in [2.45, 2.75) is 20.3 Å². The third-order valence-corrected chi connectivity index (χ3v) is 4.51. The summed E-state index contributed by atoms with van der Waals surface area (Å²) in [5.74, 6) is 4.56. The van der Waals surface area contributed by atoms with E-state index in [0.717, 1.165) is 0 Å². The van der Waals surface area contributed by atoms with Crippen molar-refractivity contribution in [1.82, 2.24) is 5.32 Å². The number of halogens is 5. The summed E-state index contributed by atoms with van der Waals surface area (Å²) in [4.78, 5) is 0. The summed E-state index contributed by atoms with van der Waals surface area (Å²) in [7, 11) is 1.64. The summed E-state index contributed by atoms with van der Waals surface area (Å²) in [5, 5.41) is 14.4. The molecule has 0 saturated carbocycles. The molecule has 0 fully saturated rings. The van der Waals surface area contributed by atoms with Crippen LogP contribution in [0.15, 0.2) is 59.0 Å². The molecule has 0 radical (unpaired) electrons. The zero-order valence-corrected chi connectivity index (χ0v) is 19.1.